The van der Waals surface area contributed by atoms with E-state index in [2.05, 4.69) is 4.98 Å². The van der Waals surface area contributed by atoms with Crippen LogP contribution in [0.5, 0.6) is 5.75 Å². The molecule has 1 heterocycles. The second-order valence-corrected chi connectivity index (χ2v) is 10.3. The Morgan fingerprint density at radius 1 is 1.11 bits per heavy atom. The highest BCUT2D eigenvalue weighted by molar-refractivity contribution is 7.86. The molecule has 36 heavy (non-hydrogen) atoms. The maximum absolute atomic E-state index is 13.2. The molecule has 10 heteroatoms. The molecule has 3 rings (SSSR count). The van der Waals surface area contributed by atoms with Gasteiger partial charge in [0.2, 0.25) is 5.89 Å². The predicted octanol–water partition coefficient (Wildman–Crippen LogP) is 4.57. The van der Waals surface area contributed by atoms with E-state index in [9.17, 15) is 18.3 Å². The first-order valence-electron chi connectivity index (χ1n) is 11.8. The summed E-state index contributed by atoms with van der Waals surface area (Å²) in [6.07, 6.45) is 0. The summed E-state index contributed by atoms with van der Waals surface area (Å²) in [5.41, 5.74) is 3.28. The van der Waals surface area contributed by atoms with Gasteiger partial charge in [0, 0.05) is 24.7 Å². The van der Waals surface area contributed by atoms with Crippen LogP contribution in [0.4, 0.5) is 0 Å². The van der Waals surface area contributed by atoms with Crippen molar-refractivity contribution in [2.45, 2.75) is 47.3 Å². The van der Waals surface area contributed by atoms with Crippen LogP contribution in [0.15, 0.2) is 52.9 Å². The molecule has 1 N–H and O–H groups in total. The van der Waals surface area contributed by atoms with Crippen molar-refractivity contribution in [2.24, 2.45) is 0 Å². The maximum Gasteiger partial charge on any atom is 0.318 e. The average Bonchev–Trinajstić information content (AvgIpc) is 3.22. The van der Waals surface area contributed by atoms with Crippen LogP contribution in [0.2, 0.25) is 0 Å². The molecule has 1 aromatic heterocycles. The minimum Gasteiger partial charge on any atom is -0.487 e. The van der Waals surface area contributed by atoms with Crippen molar-refractivity contribution in [3.8, 4) is 17.2 Å². The van der Waals surface area contributed by atoms with Gasteiger partial charge >= 0.3 is 5.97 Å². The number of carbonyl (C=O) groups is 1. The van der Waals surface area contributed by atoms with Crippen LogP contribution in [0, 0.1) is 13.8 Å². The molecule has 0 spiro atoms. The van der Waals surface area contributed by atoms with Crippen LogP contribution in [0.1, 0.15) is 49.4 Å². The molecular formula is C26H33N3O6S. The summed E-state index contributed by atoms with van der Waals surface area (Å²) in [6, 6.07) is 14.1. The van der Waals surface area contributed by atoms with Gasteiger partial charge in [-0.3, -0.25) is 4.79 Å². The number of hydrogen-bond acceptors (Lipinski definition) is 6. The van der Waals surface area contributed by atoms with Crippen molar-refractivity contribution in [1.29, 1.82) is 0 Å². The molecular weight excluding hydrogens is 482 g/mol. The minimum atomic E-state index is -3.98. The van der Waals surface area contributed by atoms with Crippen LogP contribution in [-0.2, 0) is 21.6 Å². The van der Waals surface area contributed by atoms with Gasteiger partial charge in [0.1, 0.15) is 30.4 Å². The number of nitrogens with zero attached hydrogens (tertiary/aromatic N) is 3. The third-order valence-electron chi connectivity index (χ3n) is 5.96. The first kappa shape index (κ1) is 27.4. The Morgan fingerprint density at radius 3 is 2.39 bits per heavy atom. The Bertz CT molecular complexity index is 1280. The SMILES string of the molecule is CCN(CC)S(=O)(=O)N(CC(=O)O)C(C)c1cccc(OCc2nc(-c3ccc(C)cc3)oc2C)c1. The third-order valence-corrected chi connectivity index (χ3v) is 8.17. The molecule has 0 aliphatic carbocycles. The summed E-state index contributed by atoms with van der Waals surface area (Å²) >= 11 is 0. The number of aliphatic carboxylic acids is 1. The van der Waals surface area contributed by atoms with E-state index < -0.39 is 28.8 Å². The monoisotopic (exact) mass is 515 g/mol. The minimum absolute atomic E-state index is 0.162. The van der Waals surface area contributed by atoms with Crippen LogP contribution in [-0.4, -0.2) is 52.7 Å². The van der Waals surface area contributed by atoms with Gasteiger partial charge in [0.25, 0.3) is 10.2 Å². The molecule has 0 amide bonds. The smallest absolute Gasteiger partial charge is 0.318 e. The lowest BCUT2D eigenvalue weighted by molar-refractivity contribution is -0.137. The Labute approximate surface area is 212 Å². The topological polar surface area (TPSA) is 113 Å². The lowest BCUT2D eigenvalue weighted by Crippen LogP contribution is -2.46. The number of carboxylic acid groups (broad SMARTS) is 1. The fraction of sp³-hybridized carbons (Fsp3) is 0.385. The van der Waals surface area contributed by atoms with Crippen LogP contribution >= 0.6 is 0 Å². The Kier molecular flexibility index (Phi) is 8.89. The number of ether oxygens (including phenoxy) is 1. The van der Waals surface area contributed by atoms with Crippen molar-refractivity contribution in [2.75, 3.05) is 19.6 Å². The van der Waals surface area contributed by atoms with Gasteiger partial charge in [-0.15, -0.1) is 0 Å². The first-order valence-corrected chi connectivity index (χ1v) is 13.2. The van der Waals surface area contributed by atoms with E-state index in [4.69, 9.17) is 9.15 Å². The van der Waals surface area contributed by atoms with E-state index in [0.717, 1.165) is 15.4 Å². The normalized spacial score (nSPS) is 12.8. The average molecular weight is 516 g/mol. The molecule has 1 atom stereocenters. The van der Waals surface area contributed by atoms with Crippen LogP contribution < -0.4 is 4.74 Å². The van der Waals surface area contributed by atoms with Crippen molar-refractivity contribution >= 4 is 16.2 Å². The molecule has 9 nitrogen and oxygen atoms in total. The Balaban J connectivity index is 1.79. The van der Waals surface area contributed by atoms with E-state index in [-0.39, 0.29) is 19.7 Å². The molecule has 0 fully saturated rings. The van der Waals surface area contributed by atoms with Crippen molar-refractivity contribution in [3.05, 3.63) is 71.1 Å². The number of aryl methyl sites for hydroxylation is 2. The molecule has 194 valence electrons. The third kappa shape index (κ3) is 6.31. The van der Waals surface area contributed by atoms with Gasteiger partial charge in [-0.25, -0.2) is 4.98 Å². The number of rotatable bonds is 12. The van der Waals surface area contributed by atoms with Gasteiger partial charge in [-0.05, 0) is 50.6 Å². The quantitative estimate of drug-likeness (QED) is 0.376. The highest BCUT2D eigenvalue weighted by Gasteiger charge is 2.34. The molecule has 3 aromatic rings. The predicted molar refractivity (Wildman–Crippen MR) is 137 cm³/mol. The Morgan fingerprint density at radius 2 is 1.78 bits per heavy atom. The fourth-order valence-electron chi connectivity index (χ4n) is 3.81. The first-order chi connectivity index (χ1) is 17.1. The zero-order chi connectivity index (χ0) is 26.5. The molecule has 0 aliphatic rings. The van der Waals surface area contributed by atoms with E-state index in [1.165, 1.54) is 4.31 Å². The van der Waals surface area contributed by atoms with Crippen molar-refractivity contribution in [3.63, 3.8) is 0 Å². The van der Waals surface area contributed by atoms with E-state index >= 15 is 0 Å². The summed E-state index contributed by atoms with van der Waals surface area (Å²) in [7, 11) is -3.98. The van der Waals surface area contributed by atoms with Gasteiger partial charge < -0.3 is 14.3 Å². The van der Waals surface area contributed by atoms with E-state index in [1.54, 1.807) is 45.0 Å². The Hall–Kier alpha value is -3.21. The molecule has 0 aliphatic heterocycles. The van der Waals surface area contributed by atoms with E-state index in [1.807, 2.05) is 38.1 Å². The highest BCUT2D eigenvalue weighted by Crippen LogP contribution is 2.28. The van der Waals surface area contributed by atoms with E-state index in [0.29, 0.717) is 28.7 Å². The number of hydrogen-bond donors (Lipinski definition) is 1. The number of oxazole rings is 1. The van der Waals surface area contributed by atoms with Gasteiger partial charge in [0.15, 0.2) is 0 Å². The number of carboxylic acids is 1. The highest BCUT2D eigenvalue weighted by atomic mass is 32.2. The summed E-state index contributed by atoms with van der Waals surface area (Å²) in [4.78, 5) is 16.1. The molecule has 0 saturated carbocycles. The van der Waals surface area contributed by atoms with Crippen LogP contribution in [0.25, 0.3) is 11.5 Å². The van der Waals surface area contributed by atoms with Crippen LogP contribution in [0.3, 0.4) is 0 Å². The maximum atomic E-state index is 13.2. The summed E-state index contributed by atoms with van der Waals surface area (Å²) < 4.78 is 40.3. The standard InChI is InChI=1S/C26H33N3O6S/c1-6-28(7-2)36(32,33)29(16-25(30)31)19(4)22-9-8-10-23(15-22)34-17-24-20(5)35-26(27-24)21-13-11-18(3)12-14-21/h8-15,19H,6-7,16-17H2,1-5H3,(H,30,31). The fourth-order valence-corrected chi connectivity index (χ4v) is 5.56. The lowest BCUT2D eigenvalue weighted by atomic mass is 10.1. The zero-order valence-electron chi connectivity index (χ0n) is 21.3. The molecule has 0 saturated heterocycles. The van der Waals surface area contributed by atoms with Crippen molar-refractivity contribution < 1.29 is 27.5 Å². The zero-order valence-corrected chi connectivity index (χ0v) is 22.1. The molecule has 1 unspecified atom stereocenters. The van der Waals surface area contributed by atoms with Gasteiger partial charge in [-0.2, -0.15) is 17.0 Å². The molecule has 2 aromatic carbocycles. The summed E-state index contributed by atoms with van der Waals surface area (Å²) in [5.74, 6) is 0.442. The second kappa shape index (κ2) is 11.7. The summed E-state index contributed by atoms with van der Waals surface area (Å²) in [6.45, 7) is 8.94. The number of benzene rings is 2. The number of aromatic nitrogens is 1. The van der Waals surface area contributed by atoms with Crippen molar-refractivity contribution in [1.82, 2.24) is 13.6 Å². The molecule has 0 radical (unpaired) electrons. The second-order valence-electron chi connectivity index (χ2n) is 8.46. The van der Waals surface area contributed by atoms with Gasteiger partial charge in [-0.1, -0.05) is 43.7 Å². The summed E-state index contributed by atoms with van der Waals surface area (Å²) in [5, 5.41) is 9.39. The largest absolute Gasteiger partial charge is 0.487 e. The van der Waals surface area contributed by atoms with Gasteiger partial charge in [0.05, 0.1) is 0 Å². The molecule has 0 bridgehead atoms. The lowest BCUT2D eigenvalue weighted by Gasteiger charge is -2.32.